The van der Waals surface area contributed by atoms with E-state index in [0.717, 1.165) is 11.6 Å². The van der Waals surface area contributed by atoms with E-state index in [4.69, 9.17) is 0 Å². The predicted octanol–water partition coefficient (Wildman–Crippen LogP) is 1.94. The first kappa shape index (κ1) is 9.10. The summed E-state index contributed by atoms with van der Waals surface area (Å²) in [6, 6.07) is 0. The zero-order chi connectivity index (χ0) is 9.35. The number of rotatable bonds is 1. The van der Waals surface area contributed by atoms with Gasteiger partial charge in [-0.3, -0.25) is 0 Å². The van der Waals surface area contributed by atoms with Crippen LogP contribution in [0.2, 0.25) is 0 Å². The van der Waals surface area contributed by atoms with Gasteiger partial charge in [-0.25, -0.2) is 4.98 Å². The van der Waals surface area contributed by atoms with Crippen LogP contribution in [-0.4, -0.2) is 15.1 Å². The molecule has 0 amide bonds. The first-order valence-corrected chi connectivity index (χ1v) is 4.16. The summed E-state index contributed by atoms with van der Waals surface area (Å²) in [4.78, 5) is 4.35. The Morgan fingerprint density at radius 1 is 1.42 bits per heavy atom. The van der Waals surface area contributed by atoms with Gasteiger partial charge >= 0.3 is 0 Å². The van der Waals surface area contributed by atoms with Gasteiger partial charge in [0.05, 0.1) is 5.69 Å². The molecule has 1 rings (SSSR count). The van der Waals surface area contributed by atoms with Crippen LogP contribution in [0.1, 0.15) is 26.5 Å². The quantitative estimate of drug-likeness (QED) is 0.692. The highest BCUT2D eigenvalue weighted by molar-refractivity contribution is 5.31. The van der Waals surface area contributed by atoms with Gasteiger partial charge in [0.15, 0.2) is 0 Å². The van der Waals surface area contributed by atoms with Gasteiger partial charge in [-0.2, -0.15) is 0 Å². The smallest absolute Gasteiger partial charge is 0.203 e. The van der Waals surface area contributed by atoms with Crippen LogP contribution in [0.15, 0.2) is 6.20 Å². The molecule has 0 aliphatic carbocycles. The van der Waals surface area contributed by atoms with Crippen LogP contribution in [0.25, 0.3) is 0 Å². The van der Waals surface area contributed by atoms with E-state index < -0.39 is 0 Å². The fraction of sp³-hybridized carbons (Fsp3) is 0.667. The normalized spacial score (nSPS) is 11.8. The van der Waals surface area contributed by atoms with Crippen molar-refractivity contribution < 1.29 is 0 Å². The van der Waals surface area contributed by atoms with Crippen LogP contribution in [-0.2, 0) is 7.05 Å². The van der Waals surface area contributed by atoms with Crippen LogP contribution in [0.4, 0.5) is 5.95 Å². The fourth-order valence-corrected chi connectivity index (χ4v) is 1.07. The van der Waals surface area contributed by atoms with E-state index in [9.17, 15) is 0 Å². The molecule has 0 spiro atoms. The lowest BCUT2D eigenvalue weighted by atomic mass is 10.1. The predicted molar refractivity (Wildman–Crippen MR) is 51.3 cm³/mol. The zero-order valence-corrected chi connectivity index (χ0v) is 8.47. The molecule has 0 aromatic carbocycles. The minimum absolute atomic E-state index is 0.0750. The van der Waals surface area contributed by atoms with Crippen molar-refractivity contribution in [3.05, 3.63) is 11.9 Å². The highest BCUT2D eigenvalue weighted by Crippen LogP contribution is 2.12. The zero-order valence-electron chi connectivity index (χ0n) is 8.47. The number of hydrogen-bond acceptors (Lipinski definition) is 2. The van der Waals surface area contributed by atoms with E-state index in [1.807, 2.05) is 24.7 Å². The molecule has 1 heterocycles. The summed E-state index contributed by atoms with van der Waals surface area (Å²) in [5, 5.41) is 3.32. The summed E-state index contributed by atoms with van der Waals surface area (Å²) in [6.45, 7) is 8.36. The lowest BCUT2D eigenvalue weighted by Gasteiger charge is -2.20. The average molecular weight is 167 g/mol. The number of aromatic nitrogens is 2. The van der Waals surface area contributed by atoms with Crippen molar-refractivity contribution in [2.75, 3.05) is 5.32 Å². The van der Waals surface area contributed by atoms with Crippen molar-refractivity contribution in [3.8, 4) is 0 Å². The van der Waals surface area contributed by atoms with Crippen molar-refractivity contribution in [3.63, 3.8) is 0 Å². The van der Waals surface area contributed by atoms with Crippen molar-refractivity contribution in [1.82, 2.24) is 9.55 Å². The van der Waals surface area contributed by atoms with Crippen molar-refractivity contribution >= 4 is 5.95 Å². The summed E-state index contributed by atoms with van der Waals surface area (Å²) < 4.78 is 2.00. The third kappa shape index (κ3) is 2.26. The third-order valence-electron chi connectivity index (χ3n) is 1.48. The maximum atomic E-state index is 4.35. The second kappa shape index (κ2) is 2.81. The van der Waals surface area contributed by atoms with Gasteiger partial charge in [-0.1, -0.05) is 0 Å². The maximum absolute atomic E-state index is 4.35. The van der Waals surface area contributed by atoms with Gasteiger partial charge in [0.1, 0.15) is 0 Å². The minimum Gasteiger partial charge on any atom is -0.351 e. The molecule has 1 aromatic heterocycles. The second-order valence-electron chi connectivity index (χ2n) is 4.19. The van der Waals surface area contributed by atoms with E-state index in [-0.39, 0.29) is 5.54 Å². The topological polar surface area (TPSA) is 29.9 Å². The van der Waals surface area contributed by atoms with E-state index in [1.54, 1.807) is 0 Å². The number of imidazole rings is 1. The van der Waals surface area contributed by atoms with Gasteiger partial charge < -0.3 is 9.88 Å². The summed E-state index contributed by atoms with van der Waals surface area (Å²) >= 11 is 0. The molecular formula is C9H17N3. The molecule has 3 nitrogen and oxygen atoms in total. The van der Waals surface area contributed by atoms with Crippen LogP contribution in [0.5, 0.6) is 0 Å². The first-order chi connectivity index (χ1) is 5.38. The number of anilines is 1. The van der Waals surface area contributed by atoms with Gasteiger partial charge in [-0.05, 0) is 27.7 Å². The number of nitrogens with zero attached hydrogens (tertiary/aromatic N) is 2. The molecule has 0 fully saturated rings. The van der Waals surface area contributed by atoms with E-state index in [1.165, 1.54) is 0 Å². The van der Waals surface area contributed by atoms with Gasteiger partial charge in [0.2, 0.25) is 5.95 Å². The molecular weight excluding hydrogens is 150 g/mol. The van der Waals surface area contributed by atoms with Gasteiger partial charge in [-0.15, -0.1) is 0 Å². The van der Waals surface area contributed by atoms with Crippen LogP contribution < -0.4 is 5.32 Å². The van der Waals surface area contributed by atoms with Crippen molar-refractivity contribution in [2.24, 2.45) is 7.05 Å². The molecule has 0 atom stereocenters. The molecule has 68 valence electrons. The summed E-state index contributed by atoms with van der Waals surface area (Å²) in [5.74, 6) is 0.931. The Balaban J connectivity index is 2.82. The molecule has 0 aliphatic rings. The Morgan fingerprint density at radius 2 is 2.00 bits per heavy atom. The molecule has 3 heteroatoms. The van der Waals surface area contributed by atoms with Crippen molar-refractivity contribution in [1.29, 1.82) is 0 Å². The van der Waals surface area contributed by atoms with E-state index in [2.05, 4.69) is 31.1 Å². The highest BCUT2D eigenvalue weighted by Gasteiger charge is 2.12. The summed E-state index contributed by atoms with van der Waals surface area (Å²) in [6.07, 6.45) is 2.01. The lowest BCUT2D eigenvalue weighted by molar-refractivity contribution is 0.620. The Labute approximate surface area is 73.8 Å². The van der Waals surface area contributed by atoms with Gasteiger partial charge in [0, 0.05) is 18.8 Å². The second-order valence-corrected chi connectivity index (χ2v) is 4.19. The van der Waals surface area contributed by atoms with Gasteiger partial charge in [0.25, 0.3) is 0 Å². The van der Waals surface area contributed by atoms with Crippen molar-refractivity contribution in [2.45, 2.75) is 33.2 Å². The van der Waals surface area contributed by atoms with E-state index >= 15 is 0 Å². The average Bonchev–Trinajstić information content (AvgIpc) is 2.06. The van der Waals surface area contributed by atoms with Crippen LogP contribution >= 0.6 is 0 Å². The Hall–Kier alpha value is -0.990. The molecule has 0 saturated carbocycles. The summed E-state index contributed by atoms with van der Waals surface area (Å²) in [5.41, 5.74) is 1.12. The number of nitrogens with one attached hydrogen (secondary N) is 1. The molecule has 0 bridgehead atoms. The van der Waals surface area contributed by atoms with Crippen LogP contribution in [0.3, 0.4) is 0 Å². The van der Waals surface area contributed by atoms with E-state index in [0.29, 0.717) is 0 Å². The standard InChI is InChI=1S/C9H17N3/c1-7-6-12(5)8(10-7)11-9(2,3)4/h6H,1-5H3,(H,10,11). The maximum Gasteiger partial charge on any atom is 0.203 e. The molecule has 1 N–H and O–H groups in total. The molecule has 0 saturated heterocycles. The first-order valence-electron chi connectivity index (χ1n) is 4.16. The molecule has 0 aliphatic heterocycles. The Bertz CT molecular complexity index is 268. The molecule has 12 heavy (non-hydrogen) atoms. The Kier molecular flexibility index (Phi) is 2.13. The number of hydrogen-bond donors (Lipinski definition) is 1. The van der Waals surface area contributed by atoms with Crippen LogP contribution in [0, 0.1) is 6.92 Å². The molecule has 0 radical (unpaired) electrons. The fourth-order valence-electron chi connectivity index (χ4n) is 1.07. The largest absolute Gasteiger partial charge is 0.351 e. The monoisotopic (exact) mass is 167 g/mol. The number of aryl methyl sites for hydroxylation is 2. The minimum atomic E-state index is 0.0750. The highest BCUT2D eigenvalue weighted by atomic mass is 15.2. The third-order valence-corrected chi connectivity index (χ3v) is 1.48. The lowest BCUT2D eigenvalue weighted by Crippen LogP contribution is -2.27. The Morgan fingerprint density at radius 3 is 2.33 bits per heavy atom. The molecule has 0 unspecified atom stereocenters. The SMILES string of the molecule is Cc1cn(C)c(NC(C)(C)C)n1. The molecule has 1 aromatic rings. The summed E-state index contributed by atoms with van der Waals surface area (Å²) in [7, 11) is 1.99.